The van der Waals surface area contributed by atoms with Gasteiger partial charge in [0.25, 0.3) is 5.91 Å². The fourth-order valence-corrected chi connectivity index (χ4v) is 4.72. The van der Waals surface area contributed by atoms with E-state index >= 15 is 0 Å². The van der Waals surface area contributed by atoms with Gasteiger partial charge < -0.3 is 24.6 Å². The number of ether oxygens (including phenoxy) is 3. The van der Waals surface area contributed by atoms with Crippen molar-refractivity contribution in [2.45, 2.75) is 43.7 Å². The molecular formula is C29H28ClNO6. The van der Waals surface area contributed by atoms with E-state index in [0.29, 0.717) is 53.7 Å². The molecule has 2 atom stereocenters. The highest BCUT2D eigenvalue weighted by molar-refractivity contribution is 6.32. The average Bonchev–Trinajstić information content (AvgIpc) is 3.75. The van der Waals surface area contributed by atoms with Gasteiger partial charge >= 0.3 is 5.97 Å². The third kappa shape index (κ3) is 5.89. The first-order valence-corrected chi connectivity index (χ1v) is 12.7. The summed E-state index contributed by atoms with van der Waals surface area (Å²) in [5, 5.41) is 12.7. The number of methoxy groups -OCH3 is 1. The van der Waals surface area contributed by atoms with E-state index in [-0.39, 0.29) is 10.9 Å². The lowest BCUT2D eigenvalue weighted by Gasteiger charge is -2.24. The molecule has 2 aliphatic rings. The van der Waals surface area contributed by atoms with Crippen molar-refractivity contribution in [3.63, 3.8) is 0 Å². The Morgan fingerprint density at radius 3 is 2.46 bits per heavy atom. The van der Waals surface area contributed by atoms with Crippen molar-refractivity contribution in [1.29, 1.82) is 0 Å². The highest BCUT2D eigenvalue weighted by atomic mass is 35.5. The first-order valence-electron chi connectivity index (χ1n) is 12.3. The normalized spacial score (nSPS) is 17.3. The van der Waals surface area contributed by atoms with Crippen LogP contribution in [0.4, 0.5) is 0 Å². The third-order valence-corrected chi connectivity index (χ3v) is 7.07. The van der Waals surface area contributed by atoms with Crippen LogP contribution in [-0.2, 0) is 16.0 Å². The Balaban J connectivity index is 1.21. The molecule has 2 N–H and O–H groups in total. The zero-order valence-electron chi connectivity index (χ0n) is 20.4. The van der Waals surface area contributed by atoms with E-state index in [2.05, 4.69) is 29.6 Å². The van der Waals surface area contributed by atoms with Gasteiger partial charge in [0.2, 0.25) is 0 Å². The number of fused-ring (bicyclic) bond motifs is 1. The molecule has 37 heavy (non-hydrogen) atoms. The molecule has 0 radical (unpaired) electrons. The van der Waals surface area contributed by atoms with Crippen LogP contribution < -0.4 is 14.8 Å². The average molecular weight is 522 g/mol. The number of carboxylic acids is 1. The highest BCUT2D eigenvalue weighted by Gasteiger charge is 2.29. The smallest absolute Gasteiger partial charge is 0.311 e. The van der Waals surface area contributed by atoms with Crippen LogP contribution in [0.2, 0.25) is 5.02 Å². The maximum Gasteiger partial charge on any atom is 0.311 e. The molecule has 8 heteroatoms. The van der Waals surface area contributed by atoms with Gasteiger partial charge in [-0.05, 0) is 66.6 Å². The Bertz CT molecular complexity index is 1290. The lowest BCUT2D eigenvalue weighted by molar-refractivity contribution is -0.139. The summed E-state index contributed by atoms with van der Waals surface area (Å²) in [6, 6.07) is 18.3. The van der Waals surface area contributed by atoms with E-state index in [1.54, 1.807) is 43.5 Å². The summed E-state index contributed by atoms with van der Waals surface area (Å²) in [7, 11) is 1.57. The molecule has 3 aromatic rings. The van der Waals surface area contributed by atoms with Gasteiger partial charge in [-0.2, -0.15) is 0 Å². The molecule has 1 heterocycles. The van der Waals surface area contributed by atoms with E-state index in [0.717, 1.165) is 5.56 Å². The molecule has 0 bridgehead atoms. The number of hydrogen-bond acceptors (Lipinski definition) is 5. The zero-order chi connectivity index (χ0) is 25.9. The Labute approximate surface area is 220 Å². The number of hydrogen-bond donors (Lipinski definition) is 2. The second-order valence-electron chi connectivity index (χ2n) is 9.39. The van der Waals surface area contributed by atoms with E-state index < -0.39 is 18.1 Å². The van der Waals surface area contributed by atoms with Crippen molar-refractivity contribution < 1.29 is 28.9 Å². The van der Waals surface area contributed by atoms with Crippen LogP contribution >= 0.6 is 11.6 Å². The molecule has 0 spiro atoms. The molecule has 5 rings (SSSR count). The van der Waals surface area contributed by atoms with Crippen LogP contribution in [0.5, 0.6) is 17.2 Å². The van der Waals surface area contributed by atoms with Gasteiger partial charge in [0.05, 0.1) is 17.5 Å². The van der Waals surface area contributed by atoms with Crippen LogP contribution in [0.3, 0.4) is 0 Å². The minimum Gasteiger partial charge on any atom is -0.493 e. The number of carbonyl (C=O) groups excluding carboxylic acids is 1. The first kappa shape index (κ1) is 25.1. The number of nitrogens with one attached hydrogen (secondary N) is 1. The molecule has 7 nitrogen and oxygen atoms in total. The second kappa shape index (κ2) is 10.8. The summed E-state index contributed by atoms with van der Waals surface area (Å²) in [6.07, 6.45) is 3.03. The summed E-state index contributed by atoms with van der Waals surface area (Å²) in [6.45, 7) is 0.309. The standard InChI is InChI=1S/C29H28ClNO6/c1-35-27(14-17-2-4-18(5-3-17)19-6-7-19)31-28(32)20-8-10-21(11-9-20)37-26-16-25-23(15-24(26)30)22(29(33)34)12-13-36-25/h2-5,8-11,15-16,19,22,27H,6-7,12-14H2,1H3,(H,31,32)(H,33,34)/t22-,27?/m0/s1. The molecule has 1 unspecified atom stereocenters. The Kier molecular flexibility index (Phi) is 7.35. The van der Waals surface area contributed by atoms with E-state index in [9.17, 15) is 14.7 Å². The van der Waals surface area contributed by atoms with E-state index in [1.807, 2.05) is 0 Å². The molecule has 1 aliphatic carbocycles. The first-order chi connectivity index (χ1) is 17.9. The molecule has 0 saturated heterocycles. The lowest BCUT2D eigenvalue weighted by Crippen LogP contribution is -2.37. The fourth-order valence-electron chi connectivity index (χ4n) is 4.51. The molecule has 3 aromatic carbocycles. The summed E-state index contributed by atoms with van der Waals surface area (Å²) in [4.78, 5) is 24.3. The Morgan fingerprint density at radius 2 is 1.81 bits per heavy atom. The third-order valence-electron chi connectivity index (χ3n) is 6.77. The largest absolute Gasteiger partial charge is 0.493 e. The number of amides is 1. The Hall–Kier alpha value is -3.55. The fraction of sp³-hybridized carbons (Fsp3) is 0.310. The quantitative estimate of drug-likeness (QED) is 0.340. The van der Waals surface area contributed by atoms with Gasteiger partial charge in [0, 0.05) is 30.7 Å². The number of aliphatic carboxylic acids is 1. The minimum atomic E-state index is -0.912. The minimum absolute atomic E-state index is 0.257. The van der Waals surface area contributed by atoms with Crippen LogP contribution in [0.1, 0.15) is 58.1 Å². The molecule has 1 amide bonds. The van der Waals surface area contributed by atoms with Crippen molar-refractivity contribution in [2.75, 3.05) is 13.7 Å². The summed E-state index contributed by atoms with van der Waals surface area (Å²) < 4.78 is 17.0. The van der Waals surface area contributed by atoms with Gasteiger partial charge in [0.15, 0.2) is 0 Å². The second-order valence-corrected chi connectivity index (χ2v) is 9.80. The van der Waals surface area contributed by atoms with Crippen molar-refractivity contribution in [3.05, 3.63) is 87.9 Å². The van der Waals surface area contributed by atoms with Crippen LogP contribution in [-0.4, -0.2) is 36.9 Å². The van der Waals surface area contributed by atoms with Crippen molar-refractivity contribution in [3.8, 4) is 17.2 Å². The topological polar surface area (TPSA) is 94.1 Å². The van der Waals surface area contributed by atoms with Crippen LogP contribution in [0.25, 0.3) is 0 Å². The van der Waals surface area contributed by atoms with E-state index in [4.69, 9.17) is 25.8 Å². The van der Waals surface area contributed by atoms with Gasteiger partial charge in [0.1, 0.15) is 23.5 Å². The van der Waals surface area contributed by atoms with Crippen molar-refractivity contribution >= 4 is 23.5 Å². The predicted molar refractivity (Wildman–Crippen MR) is 139 cm³/mol. The molecule has 1 aliphatic heterocycles. The highest BCUT2D eigenvalue weighted by Crippen LogP contribution is 2.42. The zero-order valence-corrected chi connectivity index (χ0v) is 21.2. The van der Waals surface area contributed by atoms with Gasteiger partial charge in [-0.3, -0.25) is 9.59 Å². The summed E-state index contributed by atoms with van der Waals surface area (Å²) in [5.41, 5.74) is 3.47. The number of benzene rings is 3. The molecule has 1 fully saturated rings. The van der Waals surface area contributed by atoms with E-state index in [1.165, 1.54) is 18.4 Å². The maximum atomic E-state index is 12.8. The summed E-state index contributed by atoms with van der Waals surface area (Å²) >= 11 is 6.38. The maximum absolute atomic E-state index is 12.8. The van der Waals surface area contributed by atoms with Gasteiger partial charge in [-0.1, -0.05) is 35.9 Å². The number of carboxylic acid groups (broad SMARTS) is 1. The molecule has 192 valence electrons. The predicted octanol–water partition coefficient (Wildman–Crippen LogP) is 5.91. The van der Waals surface area contributed by atoms with Gasteiger partial charge in [-0.25, -0.2) is 0 Å². The van der Waals surface area contributed by atoms with Crippen molar-refractivity contribution in [1.82, 2.24) is 5.32 Å². The monoisotopic (exact) mass is 521 g/mol. The SMILES string of the molecule is COC(Cc1ccc(C2CC2)cc1)NC(=O)c1ccc(Oc2cc3c(cc2Cl)[C@@H](C(=O)O)CCO3)cc1. The summed E-state index contributed by atoms with van der Waals surface area (Å²) in [5.74, 6) is 0.143. The molecule has 1 saturated carbocycles. The van der Waals surface area contributed by atoms with Crippen molar-refractivity contribution in [2.24, 2.45) is 0 Å². The van der Waals surface area contributed by atoms with Gasteiger partial charge in [-0.15, -0.1) is 0 Å². The number of rotatable bonds is 9. The molecule has 0 aromatic heterocycles. The number of carbonyl (C=O) groups is 2. The molecular weight excluding hydrogens is 494 g/mol. The van der Waals surface area contributed by atoms with Crippen LogP contribution in [0, 0.1) is 0 Å². The number of halogens is 1. The Morgan fingerprint density at radius 1 is 1.08 bits per heavy atom. The lowest BCUT2D eigenvalue weighted by atomic mass is 9.93. The van der Waals surface area contributed by atoms with Crippen LogP contribution in [0.15, 0.2) is 60.7 Å².